The van der Waals surface area contributed by atoms with E-state index in [1.807, 2.05) is 29.2 Å². The second kappa shape index (κ2) is 7.07. The first-order valence-corrected chi connectivity index (χ1v) is 8.69. The summed E-state index contributed by atoms with van der Waals surface area (Å²) >= 11 is 0. The number of halogens is 1. The summed E-state index contributed by atoms with van der Waals surface area (Å²) in [5, 5.41) is 3.91. The van der Waals surface area contributed by atoms with Gasteiger partial charge in [-0.05, 0) is 29.7 Å². The topological polar surface area (TPSA) is 58.1 Å². The summed E-state index contributed by atoms with van der Waals surface area (Å²) in [6, 6.07) is 13.0. The minimum Gasteiger partial charge on any atom is -0.365 e. The van der Waals surface area contributed by atoms with Crippen molar-refractivity contribution < 1.29 is 9.18 Å². The highest BCUT2D eigenvalue weighted by molar-refractivity contribution is 5.89. The molecule has 1 saturated heterocycles. The molecule has 132 valence electrons. The maximum atomic E-state index is 13.8. The summed E-state index contributed by atoms with van der Waals surface area (Å²) in [7, 11) is 0. The summed E-state index contributed by atoms with van der Waals surface area (Å²) in [5.41, 5.74) is 2.53. The van der Waals surface area contributed by atoms with E-state index in [4.69, 9.17) is 0 Å². The van der Waals surface area contributed by atoms with Gasteiger partial charge in [0.05, 0.1) is 0 Å². The van der Waals surface area contributed by atoms with Crippen LogP contribution in [0.4, 0.5) is 10.2 Å². The second-order valence-electron chi connectivity index (χ2n) is 6.45. The van der Waals surface area contributed by atoms with Crippen molar-refractivity contribution in [2.75, 3.05) is 11.9 Å². The van der Waals surface area contributed by atoms with Crippen LogP contribution in [0.5, 0.6) is 0 Å². The number of nitrogens with zero attached hydrogens (tertiary/aromatic N) is 3. The molecule has 5 nitrogen and oxygen atoms in total. The smallest absolute Gasteiger partial charge is 0.222 e. The van der Waals surface area contributed by atoms with Gasteiger partial charge in [0.2, 0.25) is 5.91 Å². The SMILES string of the molecule is O=C1CCCN1Cc1ccc(CNc2ncnc3c(F)cccc23)cc1. The molecule has 1 aliphatic heterocycles. The van der Waals surface area contributed by atoms with Gasteiger partial charge in [-0.25, -0.2) is 14.4 Å². The zero-order valence-corrected chi connectivity index (χ0v) is 14.3. The molecule has 1 fully saturated rings. The molecule has 4 rings (SSSR count). The maximum absolute atomic E-state index is 13.8. The molecule has 0 aliphatic carbocycles. The monoisotopic (exact) mass is 350 g/mol. The Hall–Kier alpha value is -3.02. The number of carbonyl (C=O) groups is 1. The fraction of sp³-hybridized carbons (Fsp3) is 0.250. The van der Waals surface area contributed by atoms with Crippen molar-refractivity contribution in [2.45, 2.75) is 25.9 Å². The number of nitrogens with one attached hydrogen (secondary N) is 1. The van der Waals surface area contributed by atoms with E-state index in [-0.39, 0.29) is 11.7 Å². The average Bonchev–Trinajstić information content (AvgIpc) is 3.06. The molecular formula is C20H19FN4O. The first-order valence-electron chi connectivity index (χ1n) is 8.69. The van der Waals surface area contributed by atoms with Gasteiger partial charge in [0.15, 0.2) is 0 Å². The fourth-order valence-corrected chi connectivity index (χ4v) is 3.23. The molecule has 0 bridgehead atoms. The highest BCUT2D eigenvalue weighted by Gasteiger charge is 2.19. The molecule has 6 heteroatoms. The Morgan fingerprint density at radius 2 is 1.88 bits per heavy atom. The molecule has 1 aromatic heterocycles. The highest BCUT2D eigenvalue weighted by atomic mass is 19.1. The van der Waals surface area contributed by atoms with Gasteiger partial charge in [-0.2, -0.15) is 0 Å². The molecule has 0 unspecified atom stereocenters. The molecule has 1 N–H and O–H groups in total. The third-order valence-electron chi connectivity index (χ3n) is 4.64. The summed E-state index contributed by atoms with van der Waals surface area (Å²) in [6.07, 6.45) is 2.98. The lowest BCUT2D eigenvalue weighted by atomic mass is 10.1. The standard InChI is InChI=1S/C20H19FN4O/c21-17-4-1-3-16-19(17)23-13-24-20(16)22-11-14-6-8-15(9-7-14)12-25-10-2-5-18(25)26/h1,3-4,6-9,13H,2,5,10-12H2,(H,22,23,24). The Kier molecular flexibility index (Phi) is 4.48. The van der Waals surface area contributed by atoms with E-state index in [9.17, 15) is 9.18 Å². The van der Waals surface area contributed by atoms with Gasteiger partial charge in [0, 0.05) is 31.4 Å². The average molecular weight is 350 g/mol. The van der Waals surface area contributed by atoms with Crippen LogP contribution in [-0.2, 0) is 17.9 Å². The molecule has 0 saturated carbocycles. The first-order chi connectivity index (χ1) is 12.7. The van der Waals surface area contributed by atoms with Crippen LogP contribution in [-0.4, -0.2) is 27.3 Å². The fourth-order valence-electron chi connectivity index (χ4n) is 3.23. The third kappa shape index (κ3) is 3.35. The van der Waals surface area contributed by atoms with Crippen LogP contribution in [0.15, 0.2) is 48.8 Å². The van der Waals surface area contributed by atoms with E-state index in [1.165, 1.54) is 12.4 Å². The van der Waals surface area contributed by atoms with Crippen molar-refractivity contribution >= 4 is 22.6 Å². The summed E-state index contributed by atoms with van der Waals surface area (Å²) in [5.74, 6) is 0.494. The molecule has 26 heavy (non-hydrogen) atoms. The van der Waals surface area contributed by atoms with Gasteiger partial charge < -0.3 is 10.2 Å². The van der Waals surface area contributed by atoms with Crippen molar-refractivity contribution in [3.63, 3.8) is 0 Å². The summed E-state index contributed by atoms with van der Waals surface area (Å²) in [6.45, 7) is 2.09. The minimum absolute atomic E-state index is 0.235. The molecular weight excluding hydrogens is 331 g/mol. The number of anilines is 1. The van der Waals surface area contributed by atoms with E-state index in [2.05, 4.69) is 15.3 Å². The van der Waals surface area contributed by atoms with E-state index in [0.29, 0.717) is 36.2 Å². The number of rotatable bonds is 5. The van der Waals surface area contributed by atoms with Crippen LogP contribution in [0.25, 0.3) is 10.9 Å². The summed E-state index contributed by atoms with van der Waals surface area (Å²) < 4.78 is 13.8. The lowest BCUT2D eigenvalue weighted by molar-refractivity contribution is -0.128. The van der Waals surface area contributed by atoms with Crippen molar-refractivity contribution in [1.82, 2.24) is 14.9 Å². The van der Waals surface area contributed by atoms with Crippen molar-refractivity contribution in [3.8, 4) is 0 Å². The van der Waals surface area contributed by atoms with E-state index in [1.54, 1.807) is 12.1 Å². The largest absolute Gasteiger partial charge is 0.365 e. The predicted molar refractivity (Wildman–Crippen MR) is 97.9 cm³/mol. The highest BCUT2D eigenvalue weighted by Crippen LogP contribution is 2.22. The van der Waals surface area contributed by atoms with Crippen LogP contribution < -0.4 is 5.32 Å². The molecule has 0 spiro atoms. The Morgan fingerprint density at radius 3 is 2.65 bits per heavy atom. The minimum atomic E-state index is -0.353. The van der Waals surface area contributed by atoms with Crippen LogP contribution in [0.3, 0.4) is 0 Å². The van der Waals surface area contributed by atoms with Gasteiger partial charge >= 0.3 is 0 Å². The maximum Gasteiger partial charge on any atom is 0.222 e. The number of hydrogen-bond acceptors (Lipinski definition) is 4. The second-order valence-corrected chi connectivity index (χ2v) is 6.45. The number of likely N-dealkylation sites (tertiary alicyclic amines) is 1. The number of benzene rings is 2. The first kappa shape index (κ1) is 16.4. The number of aromatic nitrogens is 2. The van der Waals surface area contributed by atoms with Crippen molar-refractivity contribution in [2.24, 2.45) is 0 Å². The number of carbonyl (C=O) groups excluding carboxylic acids is 1. The van der Waals surface area contributed by atoms with Crippen molar-refractivity contribution in [3.05, 3.63) is 65.7 Å². The number of fused-ring (bicyclic) bond motifs is 1. The zero-order chi connectivity index (χ0) is 17.9. The lowest BCUT2D eigenvalue weighted by Gasteiger charge is -2.15. The molecule has 3 aromatic rings. The van der Waals surface area contributed by atoms with Crippen LogP contribution in [0.2, 0.25) is 0 Å². The van der Waals surface area contributed by atoms with Gasteiger partial charge in [-0.15, -0.1) is 0 Å². The molecule has 2 heterocycles. The Balaban J connectivity index is 1.44. The zero-order valence-electron chi connectivity index (χ0n) is 14.3. The Morgan fingerprint density at radius 1 is 1.08 bits per heavy atom. The van der Waals surface area contributed by atoms with Crippen LogP contribution >= 0.6 is 0 Å². The molecule has 0 atom stereocenters. The normalized spacial score (nSPS) is 14.2. The van der Waals surface area contributed by atoms with Gasteiger partial charge in [-0.3, -0.25) is 4.79 Å². The van der Waals surface area contributed by atoms with Crippen molar-refractivity contribution in [1.29, 1.82) is 0 Å². The molecule has 1 aliphatic rings. The van der Waals surface area contributed by atoms with E-state index < -0.39 is 0 Å². The third-order valence-corrected chi connectivity index (χ3v) is 4.64. The van der Waals surface area contributed by atoms with Gasteiger partial charge in [-0.1, -0.05) is 30.3 Å². The van der Waals surface area contributed by atoms with Gasteiger partial charge in [0.25, 0.3) is 0 Å². The Bertz CT molecular complexity index is 942. The molecule has 1 amide bonds. The van der Waals surface area contributed by atoms with Crippen LogP contribution in [0, 0.1) is 5.82 Å². The van der Waals surface area contributed by atoms with E-state index >= 15 is 0 Å². The molecule has 0 radical (unpaired) electrons. The quantitative estimate of drug-likeness (QED) is 0.765. The predicted octanol–water partition coefficient (Wildman–Crippen LogP) is 3.50. The van der Waals surface area contributed by atoms with Gasteiger partial charge in [0.1, 0.15) is 23.5 Å². The lowest BCUT2D eigenvalue weighted by Crippen LogP contribution is -2.23. The van der Waals surface area contributed by atoms with E-state index in [0.717, 1.165) is 24.1 Å². The number of hydrogen-bond donors (Lipinski definition) is 1. The summed E-state index contributed by atoms with van der Waals surface area (Å²) in [4.78, 5) is 21.8. The van der Waals surface area contributed by atoms with Crippen LogP contribution in [0.1, 0.15) is 24.0 Å². The Labute approximate surface area is 150 Å². The number of amides is 1. The molecule has 2 aromatic carbocycles. The number of para-hydroxylation sites is 1.